The van der Waals surface area contributed by atoms with Crippen LogP contribution in [-0.4, -0.2) is 28.9 Å². The molecular formula is C24H25N5O4. The van der Waals surface area contributed by atoms with Gasteiger partial charge >= 0.3 is 0 Å². The van der Waals surface area contributed by atoms with Crippen LogP contribution in [0.4, 0.5) is 23.1 Å². The maximum absolute atomic E-state index is 13.0. The molecule has 0 spiro atoms. The molecule has 0 bridgehead atoms. The van der Waals surface area contributed by atoms with Gasteiger partial charge in [0.05, 0.1) is 24.3 Å². The van der Waals surface area contributed by atoms with Gasteiger partial charge in [-0.1, -0.05) is 38.1 Å². The first-order valence-corrected chi connectivity index (χ1v) is 10.6. The Kier molecular flexibility index (Phi) is 6.12. The van der Waals surface area contributed by atoms with E-state index in [0.717, 1.165) is 5.56 Å². The number of nitrogens with zero attached hydrogens (tertiary/aromatic N) is 1. The SMILES string of the molecule is COc1ccccc1Nc1nc2c(c(=O)[nH]1)[C@H](C(=O)Nc1ccc(C(C)C)cc1)CC(=O)N2. The van der Waals surface area contributed by atoms with E-state index in [2.05, 4.69) is 39.8 Å². The first-order chi connectivity index (χ1) is 15.9. The molecule has 1 aliphatic heterocycles. The van der Waals surface area contributed by atoms with Gasteiger partial charge in [-0.25, -0.2) is 0 Å². The molecule has 170 valence electrons. The Balaban J connectivity index is 1.61. The normalized spacial score (nSPS) is 14.9. The highest BCUT2D eigenvalue weighted by molar-refractivity contribution is 6.04. The molecule has 2 aromatic carbocycles. The number of aromatic nitrogens is 2. The molecule has 9 heteroatoms. The van der Waals surface area contributed by atoms with E-state index < -0.39 is 17.4 Å². The van der Waals surface area contributed by atoms with Crippen LogP contribution >= 0.6 is 0 Å². The van der Waals surface area contributed by atoms with Crippen molar-refractivity contribution in [1.82, 2.24) is 9.97 Å². The average Bonchev–Trinajstić information content (AvgIpc) is 2.79. The fourth-order valence-corrected chi connectivity index (χ4v) is 3.71. The van der Waals surface area contributed by atoms with Gasteiger partial charge in [0, 0.05) is 12.1 Å². The Morgan fingerprint density at radius 2 is 1.85 bits per heavy atom. The summed E-state index contributed by atoms with van der Waals surface area (Å²) in [5, 5.41) is 8.39. The van der Waals surface area contributed by atoms with Crippen LogP contribution in [0.5, 0.6) is 5.75 Å². The number of aromatic amines is 1. The molecule has 4 N–H and O–H groups in total. The van der Waals surface area contributed by atoms with Gasteiger partial charge in [-0.3, -0.25) is 19.4 Å². The van der Waals surface area contributed by atoms with Crippen LogP contribution in [-0.2, 0) is 9.59 Å². The van der Waals surface area contributed by atoms with Crippen LogP contribution in [0.15, 0.2) is 53.3 Å². The Labute approximate surface area is 190 Å². The minimum absolute atomic E-state index is 0.0581. The van der Waals surface area contributed by atoms with Gasteiger partial charge < -0.3 is 20.7 Å². The maximum Gasteiger partial charge on any atom is 0.258 e. The number of fused-ring (bicyclic) bond motifs is 1. The fraction of sp³-hybridized carbons (Fsp3) is 0.250. The molecule has 1 atom stereocenters. The molecule has 2 amide bonds. The lowest BCUT2D eigenvalue weighted by atomic mass is 9.92. The average molecular weight is 447 g/mol. The van der Waals surface area contributed by atoms with Gasteiger partial charge in [0.2, 0.25) is 17.8 Å². The molecule has 2 heterocycles. The Morgan fingerprint density at radius 1 is 1.12 bits per heavy atom. The Morgan fingerprint density at radius 3 is 2.55 bits per heavy atom. The molecule has 9 nitrogen and oxygen atoms in total. The summed E-state index contributed by atoms with van der Waals surface area (Å²) in [6.07, 6.45) is -0.146. The molecule has 1 aromatic heterocycles. The predicted octanol–water partition coefficient (Wildman–Crippen LogP) is 3.71. The van der Waals surface area contributed by atoms with Crippen LogP contribution in [0.1, 0.15) is 43.2 Å². The smallest absolute Gasteiger partial charge is 0.258 e. The zero-order valence-electron chi connectivity index (χ0n) is 18.6. The van der Waals surface area contributed by atoms with E-state index in [4.69, 9.17) is 4.74 Å². The highest BCUT2D eigenvalue weighted by atomic mass is 16.5. The van der Waals surface area contributed by atoms with Crippen molar-refractivity contribution < 1.29 is 14.3 Å². The van der Waals surface area contributed by atoms with Crippen molar-refractivity contribution in [3.05, 3.63) is 70.0 Å². The van der Waals surface area contributed by atoms with Gasteiger partial charge in [0.25, 0.3) is 5.56 Å². The third-order valence-corrected chi connectivity index (χ3v) is 5.47. The molecule has 3 aromatic rings. The van der Waals surface area contributed by atoms with Gasteiger partial charge in [0.1, 0.15) is 11.6 Å². The van der Waals surface area contributed by atoms with Gasteiger partial charge in [-0.15, -0.1) is 0 Å². The van der Waals surface area contributed by atoms with E-state index in [9.17, 15) is 14.4 Å². The third kappa shape index (κ3) is 4.72. The summed E-state index contributed by atoms with van der Waals surface area (Å²) in [7, 11) is 1.53. The number of nitrogens with one attached hydrogen (secondary N) is 4. The molecule has 0 saturated carbocycles. The Hall–Kier alpha value is -4.14. The summed E-state index contributed by atoms with van der Waals surface area (Å²) in [6.45, 7) is 4.17. The third-order valence-electron chi connectivity index (χ3n) is 5.47. The van der Waals surface area contributed by atoms with Crippen LogP contribution in [0, 0.1) is 0 Å². The highest BCUT2D eigenvalue weighted by Gasteiger charge is 2.34. The van der Waals surface area contributed by atoms with E-state index in [1.165, 1.54) is 7.11 Å². The zero-order valence-corrected chi connectivity index (χ0v) is 18.6. The number of benzene rings is 2. The lowest BCUT2D eigenvalue weighted by Crippen LogP contribution is -2.36. The molecule has 1 aliphatic rings. The second-order valence-electron chi connectivity index (χ2n) is 8.07. The molecule has 0 saturated heterocycles. The number of hydrogen-bond donors (Lipinski definition) is 4. The largest absolute Gasteiger partial charge is 0.495 e. The maximum atomic E-state index is 13.0. The topological polar surface area (TPSA) is 125 Å². The molecule has 0 radical (unpaired) electrons. The van der Waals surface area contributed by atoms with Crippen molar-refractivity contribution in [2.45, 2.75) is 32.1 Å². The molecule has 0 fully saturated rings. The van der Waals surface area contributed by atoms with E-state index in [0.29, 0.717) is 23.0 Å². The van der Waals surface area contributed by atoms with Crippen molar-refractivity contribution in [1.29, 1.82) is 0 Å². The number of carbonyl (C=O) groups excluding carboxylic acids is 2. The Bertz CT molecular complexity index is 1250. The monoisotopic (exact) mass is 447 g/mol. The van der Waals surface area contributed by atoms with Crippen molar-refractivity contribution in [3.8, 4) is 5.75 Å². The summed E-state index contributed by atoms with van der Waals surface area (Å²) in [4.78, 5) is 45.2. The second kappa shape index (κ2) is 9.15. The molecule has 0 unspecified atom stereocenters. The fourth-order valence-electron chi connectivity index (χ4n) is 3.71. The van der Waals surface area contributed by atoms with Crippen LogP contribution in [0.25, 0.3) is 0 Å². The summed E-state index contributed by atoms with van der Waals surface area (Å²) in [5.41, 5.74) is 1.94. The highest BCUT2D eigenvalue weighted by Crippen LogP contribution is 2.31. The number of H-pyrrole nitrogens is 1. The van der Waals surface area contributed by atoms with Crippen LogP contribution < -0.4 is 26.2 Å². The van der Waals surface area contributed by atoms with Gasteiger partial charge in [-0.2, -0.15) is 4.98 Å². The van der Waals surface area contributed by atoms with Crippen molar-refractivity contribution >= 4 is 35.0 Å². The number of carbonyl (C=O) groups is 2. The van der Waals surface area contributed by atoms with E-state index in [1.807, 2.05) is 18.2 Å². The number of anilines is 4. The van der Waals surface area contributed by atoms with Crippen molar-refractivity contribution in [2.24, 2.45) is 0 Å². The number of rotatable bonds is 6. The summed E-state index contributed by atoms with van der Waals surface area (Å²) < 4.78 is 5.30. The number of amides is 2. The van der Waals surface area contributed by atoms with Gasteiger partial charge in [0.15, 0.2) is 0 Å². The molecule has 4 rings (SSSR count). The number of methoxy groups -OCH3 is 1. The standard InChI is InChI=1S/C24H25N5O4/c1-13(2)14-8-10-15(11-9-14)25-22(31)16-12-19(30)27-21-20(16)23(32)29-24(28-21)26-17-6-4-5-7-18(17)33-3/h4-11,13,16H,12H2,1-3H3,(H,25,31)(H3,26,27,28,29,30,32)/t16-/m1/s1. The number of para-hydroxylation sites is 2. The first-order valence-electron chi connectivity index (χ1n) is 10.6. The zero-order chi connectivity index (χ0) is 23.5. The summed E-state index contributed by atoms with van der Waals surface area (Å²) in [5.74, 6) is -0.693. The minimum Gasteiger partial charge on any atom is -0.495 e. The molecule has 0 aliphatic carbocycles. The minimum atomic E-state index is -0.963. The van der Waals surface area contributed by atoms with E-state index in [-0.39, 0.29) is 29.7 Å². The summed E-state index contributed by atoms with van der Waals surface area (Å²) in [6, 6.07) is 14.6. The van der Waals surface area contributed by atoms with Gasteiger partial charge in [-0.05, 0) is 35.7 Å². The number of hydrogen-bond acceptors (Lipinski definition) is 6. The second-order valence-corrected chi connectivity index (χ2v) is 8.07. The quantitative estimate of drug-likeness (QED) is 0.457. The van der Waals surface area contributed by atoms with Crippen molar-refractivity contribution in [2.75, 3.05) is 23.1 Å². The van der Waals surface area contributed by atoms with Crippen molar-refractivity contribution in [3.63, 3.8) is 0 Å². The number of ether oxygens (including phenoxy) is 1. The molecule has 33 heavy (non-hydrogen) atoms. The van der Waals surface area contributed by atoms with Crippen LogP contribution in [0.2, 0.25) is 0 Å². The van der Waals surface area contributed by atoms with Crippen LogP contribution in [0.3, 0.4) is 0 Å². The lowest BCUT2D eigenvalue weighted by molar-refractivity contribution is -0.123. The van der Waals surface area contributed by atoms with E-state index >= 15 is 0 Å². The summed E-state index contributed by atoms with van der Waals surface area (Å²) >= 11 is 0. The van der Waals surface area contributed by atoms with E-state index in [1.54, 1.807) is 30.3 Å². The first kappa shape index (κ1) is 22.1. The predicted molar refractivity (Wildman–Crippen MR) is 126 cm³/mol. The lowest BCUT2D eigenvalue weighted by Gasteiger charge is -2.24. The molecular weight excluding hydrogens is 422 g/mol.